The maximum absolute atomic E-state index is 14.1. The predicted octanol–water partition coefficient (Wildman–Crippen LogP) is 4.65. The van der Waals surface area contributed by atoms with Crippen LogP contribution in [0.2, 0.25) is 0 Å². The van der Waals surface area contributed by atoms with Crippen LogP contribution in [-0.2, 0) is 25.7 Å². The van der Waals surface area contributed by atoms with Crippen molar-refractivity contribution in [1.82, 2.24) is 10.3 Å². The number of benzene rings is 1. The first kappa shape index (κ1) is 22.1. The average Bonchev–Trinajstić information content (AvgIpc) is 2.69. The minimum atomic E-state index is -0.123. The first-order valence-corrected chi connectivity index (χ1v) is 10.4. The number of hydrogen-bond donors (Lipinski definition) is 2. The van der Waals surface area contributed by atoms with Gasteiger partial charge in [-0.15, -0.1) is 0 Å². The first-order chi connectivity index (χ1) is 13.5. The van der Waals surface area contributed by atoms with Crippen LogP contribution in [0, 0.1) is 12.7 Å². The van der Waals surface area contributed by atoms with Crippen LogP contribution in [0.1, 0.15) is 54.3 Å². The quantitative estimate of drug-likeness (QED) is 0.561. The Hall–Kier alpha value is -2.20. The Morgan fingerprint density at radius 2 is 1.96 bits per heavy atom. The van der Waals surface area contributed by atoms with E-state index in [9.17, 15) is 4.39 Å². The van der Waals surface area contributed by atoms with Gasteiger partial charge in [0.15, 0.2) is 0 Å². The highest BCUT2D eigenvalue weighted by atomic mass is 19.1. The molecule has 0 aliphatic rings. The molecule has 2 rings (SSSR count). The van der Waals surface area contributed by atoms with Gasteiger partial charge < -0.3 is 11.1 Å². The van der Waals surface area contributed by atoms with E-state index in [2.05, 4.69) is 31.0 Å². The Morgan fingerprint density at radius 3 is 2.68 bits per heavy atom. The summed E-state index contributed by atoms with van der Waals surface area (Å²) in [4.78, 5) is 4.94. The van der Waals surface area contributed by atoms with Crippen molar-refractivity contribution in [3.63, 3.8) is 0 Å². The monoisotopic (exact) mass is 383 g/mol. The van der Waals surface area contributed by atoms with E-state index in [4.69, 9.17) is 10.7 Å². The Morgan fingerprint density at radius 1 is 1.14 bits per heavy atom. The molecule has 1 aromatic carbocycles. The summed E-state index contributed by atoms with van der Waals surface area (Å²) in [5.41, 5.74) is 11.8. The van der Waals surface area contributed by atoms with E-state index in [0.29, 0.717) is 13.0 Å². The van der Waals surface area contributed by atoms with E-state index < -0.39 is 0 Å². The van der Waals surface area contributed by atoms with Gasteiger partial charge in [0.2, 0.25) is 0 Å². The van der Waals surface area contributed by atoms with Gasteiger partial charge in [0.05, 0.1) is 0 Å². The molecule has 0 radical (unpaired) electrons. The van der Waals surface area contributed by atoms with Crippen molar-refractivity contribution in [2.24, 2.45) is 5.73 Å². The lowest BCUT2D eigenvalue weighted by atomic mass is 9.99. The maximum atomic E-state index is 14.1. The third-order valence-corrected chi connectivity index (χ3v) is 5.09. The Labute approximate surface area is 169 Å². The summed E-state index contributed by atoms with van der Waals surface area (Å²) in [6, 6.07) is 9.57. The third kappa shape index (κ3) is 6.75. The minimum absolute atomic E-state index is 0.123. The summed E-state index contributed by atoms with van der Waals surface area (Å²) >= 11 is 0. The highest BCUT2D eigenvalue weighted by Crippen LogP contribution is 2.18. The van der Waals surface area contributed by atoms with E-state index >= 15 is 0 Å². The molecule has 0 saturated heterocycles. The molecular weight excluding hydrogens is 349 g/mol. The Balaban J connectivity index is 2.09. The normalized spacial score (nSPS) is 10.9. The summed E-state index contributed by atoms with van der Waals surface area (Å²) in [6.45, 7) is 9.60. The van der Waals surface area contributed by atoms with Gasteiger partial charge in [0, 0.05) is 30.2 Å². The molecule has 1 heterocycles. The van der Waals surface area contributed by atoms with Crippen LogP contribution in [0.4, 0.5) is 4.39 Å². The van der Waals surface area contributed by atoms with Crippen LogP contribution >= 0.6 is 0 Å². The summed E-state index contributed by atoms with van der Waals surface area (Å²) in [7, 11) is 0. The molecule has 3 nitrogen and oxygen atoms in total. The number of allylic oxidation sites excluding steroid dienone is 1. The highest BCUT2D eigenvalue weighted by molar-refractivity contribution is 5.29. The lowest BCUT2D eigenvalue weighted by molar-refractivity contribution is 0.605. The van der Waals surface area contributed by atoms with Crippen LogP contribution in [0.5, 0.6) is 0 Å². The standard InChI is InChI=1S/C24H34FN3/c1-4-5-8-20-11-12-21(13-14-22-18(2)7-6-9-23(22)25)28-24(20)15-10-19(3)27-17-16-26/h6-7,9,11-12,27H,3-5,8,10,13-17,26H2,1-2H3. The van der Waals surface area contributed by atoms with Gasteiger partial charge in [-0.05, 0) is 74.3 Å². The van der Waals surface area contributed by atoms with Gasteiger partial charge in [-0.2, -0.15) is 0 Å². The number of nitrogens with one attached hydrogen (secondary N) is 1. The van der Waals surface area contributed by atoms with E-state index in [-0.39, 0.29) is 5.82 Å². The Bertz CT molecular complexity index is 750. The molecule has 152 valence electrons. The van der Waals surface area contributed by atoms with Crippen molar-refractivity contribution < 1.29 is 4.39 Å². The van der Waals surface area contributed by atoms with Crippen molar-refractivity contribution >= 4 is 0 Å². The number of aryl methyl sites for hydroxylation is 4. The average molecular weight is 384 g/mol. The third-order valence-electron chi connectivity index (χ3n) is 5.09. The highest BCUT2D eigenvalue weighted by Gasteiger charge is 2.10. The molecule has 0 unspecified atom stereocenters. The van der Waals surface area contributed by atoms with Gasteiger partial charge in [0.1, 0.15) is 5.82 Å². The number of unbranched alkanes of at least 4 members (excludes halogenated alkanes) is 1. The smallest absolute Gasteiger partial charge is 0.126 e. The zero-order valence-corrected chi connectivity index (χ0v) is 17.4. The van der Waals surface area contributed by atoms with Gasteiger partial charge in [-0.3, -0.25) is 4.98 Å². The Kier molecular flexibility index (Phi) is 9.15. The fourth-order valence-electron chi connectivity index (χ4n) is 3.37. The minimum Gasteiger partial charge on any atom is -0.388 e. The molecule has 0 saturated carbocycles. The van der Waals surface area contributed by atoms with Crippen molar-refractivity contribution in [2.75, 3.05) is 13.1 Å². The lowest BCUT2D eigenvalue weighted by Crippen LogP contribution is -2.21. The second-order valence-electron chi connectivity index (χ2n) is 7.37. The number of rotatable bonds is 12. The van der Waals surface area contributed by atoms with Crippen molar-refractivity contribution in [2.45, 2.75) is 58.8 Å². The van der Waals surface area contributed by atoms with Gasteiger partial charge in [0.25, 0.3) is 0 Å². The van der Waals surface area contributed by atoms with E-state index in [1.807, 2.05) is 13.0 Å². The first-order valence-electron chi connectivity index (χ1n) is 10.4. The van der Waals surface area contributed by atoms with Crippen molar-refractivity contribution in [3.05, 3.63) is 76.5 Å². The van der Waals surface area contributed by atoms with E-state index in [0.717, 1.165) is 66.9 Å². The van der Waals surface area contributed by atoms with Crippen LogP contribution in [0.25, 0.3) is 0 Å². The maximum Gasteiger partial charge on any atom is 0.126 e. The molecule has 3 N–H and O–H groups in total. The van der Waals surface area contributed by atoms with Gasteiger partial charge in [-0.1, -0.05) is 38.1 Å². The van der Waals surface area contributed by atoms with E-state index in [1.54, 1.807) is 6.07 Å². The molecule has 0 fully saturated rings. The number of aromatic nitrogens is 1. The van der Waals surface area contributed by atoms with Crippen LogP contribution in [-0.4, -0.2) is 18.1 Å². The molecular formula is C24H34FN3. The summed E-state index contributed by atoms with van der Waals surface area (Å²) in [5, 5.41) is 3.25. The molecule has 0 spiro atoms. The number of pyridine rings is 1. The molecule has 1 aromatic heterocycles. The van der Waals surface area contributed by atoms with Crippen LogP contribution in [0.3, 0.4) is 0 Å². The zero-order chi connectivity index (χ0) is 20.4. The van der Waals surface area contributed by atoms with Crippen molar-refractivity contribution in [1.29, 1.82) is 0 Å². The molecule has 28 heavy (non-hydrogen) atoms. The fourth-order valence-corrected chi connectivity index (χ4v) is 3.37. The van der Waals surface area contributed by atoms with Gasteiger partial charge >= 0.3 is 0 Å². The molecule has 0 amide bonds. The number of halogens is 1. The van der Waals surface area contributed by atoms with Crippen LogP contribution in [0.15, 0.2) is 42.6 Å². The predicted molar refractivity (Wildman–Crippen MR) is 116 cm³/mol. The number of hydrogen-bond acceptors (Lipinski definition) is 3. The van der Waals surface area contributed by atoms with Crippen LogP contribution < -0.4 is 11.1 Å². The SMILES string of the molecule is C=C(CCc1nc(CCc2c(C)cccc2F)ccc1CCCC)NCCN. The molecule has 2 aromatic rings. The second kappa shape index (κ2) is 11.6. The second-order valence-corrected chi connectivity index (χ2v) is 7.37. The summed E-state index contributed by atoms with van der Waals surface area (Å²) < 4.78 is 14.1. The summed E-state index contributed by atoms with van der Waals surface area (Å²) in [6.07, 6.45) is 6.50. The topological polar surface area (TPSA) is 50.9 Å². The van der Waals surface area contributed by atoms with Gasteiger partial charge in [-0.25, -0.2) is 4.39 Å². The lowest BCUT2D eigenvalue weighted by Gasteiger charge is -2.13. The fraction of sp³-hybridized carbons (Fsp3) is 0.458. The van der Waals surface area contributed by atoms with Crippen molar-refractivity contribution in [3.8, 4) is 0 Å². The number of nitrogens with zero attached hydrogens (tertiary/aromatic N) is 1. The summed E-state index contributed by atoms with van der Waals surface area (Å²) in [5.74, 6) is -0.123. The zero-order valence-electron chi connectivity index (χ0n) is 17.4. The van der Waals surface area contributed by atoms with E-state index in [1.165, 1.54) is 18.1 Å². The molecule has 0 aliphatic carbocycles. The molecule has 4 heteroatoms. The number of nitrogens with two attached hydrogens (primary N) is 1. The molecule has 0 bridgehead atoms. The molecule has 0 atom stereocenters. The molecule has 0 aliphatic heterocycles. The largest absolute Gasteiger partial charge is 0.388 e.